The highest BCUT2D eigenvalue weighted by Gasteiger charge is 2.18. The van der Waals surface area contributed by atoms with Gasteiger partial charge in [0, 0.05) is 12.8 Å². The van der Waals surface area contributed by atoms with Crippen LogP contribution in [0, 0.1) is 0 Å². The molecule has 0 radical (unpaired) electrons. The number of hydrogen-bond acceptors (Lipinski definition) is 5. The van der Waals surface area contributed by atoms with Crippen molar-refractivity contribution in [1.82, 2.24) is 5.32 Å². The van der Waals surface area contributed by atoms with Gasteiger partial charge in [0.1, 0.15) is 0 Å². The molecule has 0 bridgehead atoms. The predicted octanol–water partition coefficient (Wildman–Crippen LogP) is 24.8. The van der Waals surface area contributed by atoms with Crippen molar-refractivity contribution in [2.45, 2.75) is 424 Å². The predicted molar refractivity (Wildman–Crippen MR) is 370 cm³/mol. The maximum atomic E-state index is 12.5. The Labute approximate surface area is 525 Å². The molecule has 0 saturated carbocycles. The fourth-order valence-electron chi connectivity index (χ4n) is 11.8. The van der Waals surface area contributed by atoms with Gasteiger partial charge in [0.15, 0.2) is 0 Å². The summed E-state index contributed by atoms with van der Waals surface area (Å²) >= 11 is 0. The van der Waals surface area contributed by atoms with Gasteiger partial charge in [-0.05, 0) is 89.9 Å². The number of carbonyl (C=O) groups excluding carboxylic acids is 2. The van der Waals surface area contributed by atoms with Crippen LogP contribution in [0.25, 0.3) is 0 Å². The second kappa shape index (κ2) is 73.3. The van der Waals surface area contributed by atoms with E-state index in [0.717, 1.165) is 51.4 Å². The zero-order valence-corrected chi connectivity index (χ0v) is 56.6. The molecule has 0 aliphatic rings. The van der Waals surface area contributed by atoms with Crippen LogP contribution in [0.1, 0.15) is 412 Å². The van der Waals surface area contributed by atoms with E-state index in [4.69, 9.17) is 4.74 Å². The number of hydrogen-bond donors (Lipinski definition) is 3. The second-order valence-corrected chi connectivity index (χ2v) is 26.0. The van der Waals surface area contributed by atoms with Gasteiger partial charge in [-0.3, -0.25) is 9.59 Å². The number of esters is 1. The maximum Gasteiger partial charge on any atom is 0.305 e. The number of amides is 1. The molecule has 2 unspecified atom stereocenters. The first-order chi connectivity index (χ1) is 41.5. The van der Waals surface area contributed by atoms with Gasteiger partial charge in [0.05, 0.1) is 25.4 Å². The third-order valence-corrected chi connectivity index (χ3v) is 17.6. The molecule has 0 aliphatic heterocycles. The Hall–Kier alpha value is -2.18. The van der Waals surface area contributed by atoms with Crippen molar-refractivity contribution in [1.29, 1.82) is 0 Å². The largest absolute Gasteiger partial charge is 0.466 e. The molecule has 0 aliphatic carbocycles. The van der Waals surface area contributed by atoms with Gasteiger partial charge in [0.25, 0.3) is 0 Å². The molecule has 1 amide bonds. The van der Waals surface area contributed by atoms with E-state index < -0.39 is 12.1 Å². The van der Waals surface area contributed by atoms with Crippen molar-refractivity contribution in [3.63, 3.8) is 0 Å². The van der Waals surface area contributed by atoms with Crippen LogP contribution >= 0.6 is 0 Å². The molecular weight excluding hydrogens is 1030 g/mol. The Morgan fingerprint density at radius 3 is 0.940 bits per heavy atom. The van der Waals surface area contributed by atoms with Crippen LogP contribution in [0.15, 0.2) is 48.6 Å². The molecule has 6 nitrogen and oxygen atoms in total. The fourth-order valence-corrected chi connectivity index (χ4v) is 11.8. The molecule has 0 spiro atoms. The quantitative estimate of drug-likeness (QED) is 0.0320. The normalized spacial score (nSPS) is 12.8. The van der Waals surface area contributed by atoms with Crippen LogP contribution in [0.2, 0.25) is 0 Å². The summed E-state index contributed by atoms with van der Waals surface area (Å²) in [6.07, 6.45) is 96.4. The summed E-state index contributed by atoms with van der Waals surface area (Å²) in [6.45, 7) is 4.91. The number of carbonyl (C=O) groups is 2. The van der Waals surface area contributed by atoms with E-state index in [2.05, 4.69) is 55.6 Å². The lowest BCUT2D eigenvalue weighted by Gasteiger charge is -2.20. The highest BCUT2D eigenvalue weighted by molar-refractivity contribution is 5.76. The average Bonchev–Trinajstić information content (AvgIpc) is 3.51. The van der Waals surface area contributed by atoms with Crippen LogP contribution < -0.4 is 5.32 Å². The monoisotopic (exact) mass is 1180 g/mol. The van der Waals surface area contributed by atoms with E-state index in [0.29, 0.717) is 19.4 Å². The van der Waals surface area contributed by atoms with Crippen LogP contribution in [0.5, 0.6) is 0 Å². The van der Waals surface area contributed by atoms with Crippen molar-refractivity contribution in [2.24, 2.45) is 0 Å². The highest BCUT2D eigenvalue weighted by Crippen LogP contribution is 2.19. The van der Waals surface area contributed by atoms with Crippen LogP contribution in [-0.4, -0.2) is 47.4 Å². The summed E-state index contributed by atoms with van der Waals surface area (Å²) in [7, 11) is 0. The number of unbranched alkanes of at least 4 members (excludes halogenated alkanes) is 54. The minimum atomic E-state index is -0.844. The molecule has 84 heavy (non-hydrogen) atoms. The molecule has 0 aromatic rings. The molecule has 2 atom stereocenters. The lowest BCUT2D eigenvalue weighted by atomic mass is 10.0. The number of rotatable bonds is 71. The Balaban J connectivity index is 3.38. The Morgan fingerprint density at radius 2 is 0.595 bits per heavy atom. The first-order valence-electron chi connectivity index (χ1n) is 37.9. The van der Waals surface area contributed by atoms with Gasteiger partial charge >= 0.3 is 5.97 Å². The Bertz CT molecular complexity index is 1400. The van der Waals surface area contributed by atoms with E-state index in [1.807, 2.05) is 6.08 Å². The zero-order chi connectivity index (χ0) is 60.6. The van der Waals surface area contributed by atoms with Gasteiger partial charge in [0.2, 0.25) is 5.91 Å². The molecule has 0 aromatic heterocycles. The summed E-state index contributed by atoms with van der Waals surface area (Å²) in [6, 6.07) is -0.627. The van der Waals surface area contributed by atoms with Gasteiger partial charge < -0.3 is 20.3 Å². The van der Waals surface area contributed by atoms with E-state index in [-0.39, 0.29) is 18.5 Å². The second-order valence-electron chi connectivity index (χ2n) is 26.0. The van der Waals surface area contributed by atoms with Gasteiger partial charge in [-0.1, -0.05) is 358 Å². The van der Waals surface area contributed by atoms with E-state index in [9.17, 15) is 19.8 Å². The van der Waals surface area contributed by atoms with E-state index in [1.165, 1.54) is 334 Å². The first kappa shape index (κ1) is 81.8. The molecule has 6 heteroatoms. The summed E-state index contributed by atoms with van der Waals surface area (Å²) in [5.74, 6) is -0.0569. The summed E-state index contributed by atoms with van der Waals surface area (Å²) in [5, 5.41) is 23.2. The number of aliphatic hydroxyl groups is 2. The van der Waals surface area contributed by atoms with E-state index in [1.54, 1.807) is 6.08 Å². The summed E-state index contributed by atoms with van der Waals surface area (Å²) < 4.78 is 5.49. The number of allylic oxidation sites excluding steroid dienone is 7. The van der Waals surface area contributed by atoms with Gasteiger partial charge in [-0.25, -0.2) is 0 Å². The van der Waals surface area contributed by atoms with Crippen LogP contribution in [-0.2, 0) is 14.3 Å². The standard InChI is InChI=1S/C78H147NO5/c1-3-5-7-9-11-13-15-17-19-20-36-39-43-46-50-54-58-62-66-70-76(81)75(74-80)79-77(82)71-67-63-59-55-51-47-44-40-37-34-32-30-28-26-24-22-21-23-25-27-29-31-33-35-38-41-45-49-53-57-61-65-69-73-84-78(83)72-68-64-60-56-52-48-42-18-16-14-12-10-8-6-4-2/h12,14,18,25,27,42,66,70,75-76,80-81H,3-11,13,15-17,19-24,26,28-41,43-65,67-69,71-74H2,1-2H3,(H,79,82)/b14-12-,27-25-,42-18-,70-66+. The number of ether oxygens (including phenoxy) is 1. The molecule has 0 heterocycles. The SMILES string of the molecule is CCCCC/C=C\C/C=C\CCCCCCCC(=O)OCCCCCCCCCCCCCC/C=C\CCCCCCCCCCCCCCCCCCCC(=O)NC(CO)C(O)/C=C/CCCCCCCCCCCCCCCCCCC. The third-order valence-electron chi connectivity index (χ3n) is 17.6. The molecule has 0 rings (SSSR count). The Morgan fingerprint density at radius 1 is 0.333 bits per heavy atom. The van der Waals surface area contributed by atoms with Crippen molar-refractivity contribution in [2.75, 3.05) is 13.2 Å². The number of nitrogens with one attached hydrogen (secondary N) is 1. The van der Waals surface area contributed by atoms with Crippen molar-refractivity contribution < 1.29 is 24.5 Å². The summed E-state index contributed by atoms with van der Waals surface area (Å²) in [4.78, 5) is 24.6. The van der Waals surface area contributed by atoms with Crippen molar-refractivity contribution >= 4 is 11.9 Å². The smallest absolute Gasteiger partial charge is 0.305 e. The molecule has 3 N–H and O–H groups in total. The lowest BCUT2D eigenvalue weighted by Crippen LogP contribution is -2.45. The molecule has 0 saturated heterocycles. The zero-order valence-electron chi connectivity index (χ0n) is 56.6. The van der Waals surface area contributed by atoms with E-state index >= 15 is 0 Å². The minimum absolute atomic E-state index is 0.00464. The van der Waals surface area contributed by atoms with Gasteiger partial charge in [-0.2, -0.15) is 0 Å². The average molecular weight is 1180 g/mol. The van der Waals surface area contributed by atoms with Crippen LogP contribution in [0.3, 0.4) is 0 Å². The maximum absolute atomic E-state index is 12.5. The van der Waals surface area contributed by atoms with Crippen molar-refractivity contribution in [3.8, 4) is 0 Å². The fraction of sp³-hybridized carbons (Fsp3) is 0.872. The lowest BCUT2D eigenvalue weighted by molar-refractivity contribution is -0.143. The molecule has 0 fully saturated rings. The molecule has 0 aromatic carbocycles. The van der Waals surface area contributed by atoms with Gasteiger partial charge in [-0.15, -0.1) is 0 Å². The third kappa shape index (κ3) is 68.9. The van der Waals surface area contributed by atoms with Crippen LogP contribution in [0.4, 0.5) is 0 Å². The first-order valence-corrected chi connectivity index (χ1v) is 37.9. The number of aliphatic hydroxyl groups excluding tert-OH is 2. The highest BCUT2D eigenvalue weighted by atomic mass is 16.5. The summed E-state index contributed by atoms with van der Waals surface area (Å²) in [5.41, 5.74) is 0. The topological polar surface area (TPSA) is 95.9 Å². The molecular formula is C78H147NO5. The minimum Gasteiger partial charge on any atom is -0.466 e. The molecule has 494 valence electrons. The van der Waals surface area contributed by atoms with Crippen molar-refractivity contribution in [3.05, 3.63) is 48.6 Å². The Kier molecular flexibility index (Phi) is 71.4.